The van der Waals surface area contributed by atoms with Crippen molar-refractivity contribution in [3.05, 3.63) is 17.0 Å². The molecule has 0 unspecified atom stereocenters. The molecule has 0 aliphatic heterocycles. The predicted octanol–water partition coefficient (Wildman–Crippen LogP) is 3.79. The number of anilines is 1. The second-order valence-corrected chi connectivity index (χ2v) is 5.33. The van der Waals surface area contributed by atoms with Crippen LogP contribution in [-0.2, 0) is 5.41 Å². The highest BCUT2D eigenvalue weighted by Gasteiger charge is 2.26. The largest absolute Gasteiger partial charge is 0.390 e. The summed E-state index contributed by atoms with van der Waals surface area (Å²) < 4.78 is 36.0. The van der Waals surface area contributed by atoms with E-state index in [-0.39, 0.29) is 17.1 Å². The molecular formula is C11H15ClF3N3. The fourth-order valence-electron chi connectivity index (χ4n) is 1.18. The number of hydrogen-bond acceptors (Lipinski definition) is 3. The zero-order valence-electron chi connectivity index (χ0n) is 10.4. The van der Waals surface area contributed by atoms with Crippen LogP contribution in [0.3, 0.4) is 0 Å². The molecule has 0 atom stereocenters. The van der Waals surface area contributed by atoms with Crippen molar-refractivity contribution in [2.75, 3.05) is 11.9 Å². The quantitative estimate of drug-likeness (QED) is 0.857. The Bertz CT molecular complexity index is 413. The number of halogens is 4. The number of alkyl halides is 3. The summed E-state index contributed by atoms with van der Waals surface area (Å²) in [5.41, 5.74) is -0.314. The lowest BCUT2D eigenvalue weighted by Crippen LogP contribution is -2.19. The van der Waals surface area contributed by atoms with E-state index >= 15 is 0 Å². The Labute approximate surface area is 109 Å². The Balaban J connectivity index is 2.75. The fraction of sp³-hybridized carbons (Fsp3) is 0.636. The van der Waals surface area contributed by atoms with Gasteiger partial charge in [0.1, 0.15) is 16.8 Å². The fourth-order valence-corrected chi connectivity index (χ4v) is 1.36. The molecule has 0 fully saturated rings. The van der Waals surface area contributed by atoms with Crippen LogP contribution < -0.4 is 5.32 Å². The van der Waals surface area contributed by atoms with E-state index in [0.717, 1.165) is 0 Å². The average Bonchev–Trinajstić information content (AvgIpc) is 2.13. The minimum absolute atomic E-state index is 0.212. The molecule has 1 rings (SSSR count). The Morgan fingerprint density at radius 2 is 1.83 bits per heavy atom. The van der Waals surface area contributed by atoms with Crippen LogP contribution in [0, 0.1) is 0 Å². The molecule has 0 aromatic carbocycles. The molecule has 0 bridgehead atoms. The van der Waals surface area contributed by atoms with Gasteiger partial charge in [0.25, 0.3) is 0 Å². The molecule has 0 amide bonds. The van der Waals surface area contributed by atoms with Crippen molar-refractivity contribution < 1.29 is 13.2 Å². The summed E-state index contributed by atoms with van der Waals surface area (Å²) in [5.74, 6) is 0.800. The molecule has 0 aliphatic carbocycles. The Morgan fingerprint density at radius 1 is 1.22 bits per heavy atom. The molecule has 0 saturated carbocycles. The molecular weight excluding hydrogens is 267 g/mol. The highest BCUT2D eigenvalue weighted by Crippen LogP contribution is 2.23. The van der Waals surface area contributed by atoms with Gasteiger partial charge < -0.3 is 5.32 Å². The zero-order chi connectivity index (χ0) is 14.0. The van der Waals surface area contributed by atoms with Crippen molar-refractivity contribution in [3.8, 4) is 0 Å². The van der Waals surface area contributed by atoms with Crippen LogP contribution in [0.1, 0.15) is 33.0 Å². The second-order valence-electron chi connectivity index (χ2n) is 4.94. The maximum Gasteiger partial charge on any atom is 0.390 e. The molecule has 102 valence electrons. The van der Waals surface area contributed by atoms with Crippen LogP contribution in [0.2, 0.25) is 5.15 Å². The van der Waals surface area contributed by atoms with E-state index in [1.165, 1.54) is 6.07 Å². The Kier molecular flexibility index (Phi) is 4.42. The lowest BCUT2D eigenvalue weighted by atomic mass is 9.96. The molecule has 1 aromatic rings. The van der Waals surface area contributed by atoms with E-state index < -0.39 is 12.6 Å². The monoisotopic (exact) mass is 281 g/mol. The van der Waals surface area contributed by atoms with Gasteiger partial charge in [0.2, 0.25) is 0 Å². The van der Waals surface area contributed by atoms with Crippen molar-refractivity contribution in [3.63, 3.8) is 0 Å². The molecule has 0 radical (unpaired) electrons. The third kappa shape index (κ3) is 5.08. The highest BCUT2D eigenvalue weighted by atomic mass is 35.5. The Morgan fingerprint density at radius 3 is 2.33 bits per heavy atom. The van der Waals surface area contributed by atoms with E-state index in [9.17, 15) is 13.2 Å². The summed E-state index contributed by atoms with van der Waals surface area (Å²) in [6, 6.07) is 1.41. The maximum atomic E-state index is 12.0. The number of rotatable bonds is 3. The summed E-state index contributed by atoms with van der Waals surface area (Å²) in [4.78, 5) is 8.20. The molecule has 0 aliphatic rings. The molecule has 1 heterocycles. The van der Waals surface area contributed by atoms with E-state index in [0.29, 0.717) is 11.6 Å². The van der Waals surface area contributed by atoms with E-state index in [1.54, 1.807) is 0 Å². The normalized spacial score (nSPS) is 12.6. The number of aromatic nitrogens is 2. The van der Waals surface area contributed by atoms with Crippen molar-refractivity contribution in [1.82, 2.24) is 9.97 Å². The number of nitrogens with one attached hydrogen (secondary N) is 1. The highest BCUT2D eigenvalue weighted by molar-refractivity contribution is 6.29. The van der Waals surface area contributed by atoms with Gasteiger partial charge in [-0.1, -0.05) is 32.4 Å². The smallest absolute Gasteiger partial charge is 0.370 e. The van der Waals surface area contributed by atoms with Crippen LogP contribution in [0.25, 0.3) is 0 Å². The van der Waals surface area contributed by atoms with Crippen molar-refractivity contribution in [2.45, 2.75) is 38.8 Å². The topological polar surface area (TPSA) is 37.8 Å². The number of hydrogen-bond donors (Lipinski definition) is 1. The van der Waals surface area contributed by atoms with Gasteiger partial charge in [0.05, 0.1) is 6.42 Å². The van der Waals surface area contributed by atoms with Crippen LogP contribution in [0.15, 0.2) is 6.07 Å². The van der Waals surface area contributed by atoms with E-state index in [2.05, 4.69) is 15.3 Å². The molecule has 18 heavy (non-hydrogen) atoms. The van der Waals surface area contributed by atoms with Gasteiger partial charge in [-0.05, 0) is 0 Å². The van der Waals surface area contributed by atoms with Crippen molar-refractivity contribution in [2.24, 2.45) is 0 Å². The molecule has 1 N–H and O–H groups in total. The standard InChI is InChI=1S/C11H15ClF3N3/c1-10(2,3)9-17-7(12)6-8(18-9)16-5-4-11(13,14)15/h6H,4-5H2,1-3H3,(H,16,17,18). The minimum Gasteiger partial charge on any atom is -0.370 e. The SMILES string of the molecule is CC(C)(C)c1nc(Cl)cc(NCCC(F)(F)F)n1. The van der Waals surface area contributed by atoms with Gasteiger partial charge in [-0.15, -0.1) is 0 Å². The van der Waals surface area contributed by atoms with Gasteiger partial charge >= 0.3 is 6.18 Å². The lowest BCUT2D eigenvalue weighted by molar-refractivity contribution is -0.131. The van der Waals surface area contributed by atoms with Gasteiger partial charge in [0.15, 0.2) is 0 Å². The summed E-state index contributed by atoms with van der Waals surface area (Å²) in [7, 11) is 0. The maximum absolute atomic E-state index is 12.0. The first-order valence-corrected chi connectivity index (χ1v) is 5.81. The van der Waals surface area contributed by atoms with Crippen molar-refractivity contribution >= 4 is 17.4 Å². The van der Waals surface area contributed by atoms with Gasteiger partial charge in [-0.3, -0.25) is 0 Å². The van der Waals surface area contributed by atoms with Crippen LogP contribution in [0.5, 0.6) is 0 Å². The van der Waals surface area contributed by atoms with E-state index in [1.807, 2.05) is 20.8 Å². The van der Waals surface area contributed by atoms with Gasteiger partial charge in [-0.25, -0.2) is 9.97 Å². The summed E-state index contributed by atoms with van der Waals surface area (Å²) in [6.07, 6.45) is -5.10. The molecule has 3 nitrogen and oxygen atoms in total. The summed E-state index contributed by atoms with van der Waals surface area (Å²) in [6.45, 7) is 5.47. The average molecular weight is 282 g/mol. The number of nitrogens with zero attached hydrogens (tertiary/aromatic N) is 2. The van der Waals surface area contributed by atoms with Gasteiger partial charge in [0, 0.05) is 18.0 Å². The second kappa shape index (κ2) is 5.30. The van der Waals surface area contributed by atoms with E-state index in [4.69, 9.17) is 11.6 Å². The third-order valence-electron chi connectivity index (χ3n) is 2.08. The van der Waals surface area contributed by atoms with Gasteiger partial charge in [-0.2, -0.15) is 13.2 Å². The molecule has 1 aromatic heterocycles. The predicted molar refractivity (Wildman–Crippen MR) is 64.9 cm³/mol. The van der Waals surface area contributed by atoms with Crippen LogP contribution >= 0.6 is 11.6 Å². The zero-order valence-corrected chi connectivity index (χ0v) is 11.2. The minimum atomic E-state index is -4.18. The first-order valence-electron chi connectivity index (χ1n) is 5.43. The van der Waals surface area contributed by atoms with Crippen molar-refractivity contribution in [1.29, 1.82) is 0 Å². The summed E-state index contributed by atoms with van der Waals surface area (Å²) in [5, 5.41) is 2.81. The lowest BCUT2D eigenvalue weighted by Gasteiger charge is -2.18. The first-order chi connectivity index (χ1) is 8.08. The molecule has 0 spiro atoms. The summed E-state index contributed by atoms with van der Waals surface area (Å²) >= 11 is 5.81. The molecule has 0 saturated heterocycles. The Hall–Kier alpha value is -1.04. The molecule has 7 heteroatoms. The van der Waals surface area contributed by atoms with Crippen LogP contribution in [-0.4, -0.2) is 22.7 Å². The van der Waals surface area contributed by atoms with Crippen LogP contribution in [0.4, 0.5) is 19.0 Å². The first kappa shape index (κ1) is 15.0. The third-order valence-corrected chi connectivity index (χ3v) is 2.27.